The summed E-state index contributed by atoms with van der Waals surface area (Å²) in [5.74, 6) is 1.17. The maximum Gasteiger partial charge on any atom is 0.255 e. The Morgan fingerprint density at radius 3 is 2.15 bits per heavy atom. The first kappa shape index (κ1) is 17.6. The molecular weight excluding hydrogens is 328 g/mol. The van der Waals surface area contributed by atoms with E-state index in [1.54, 1.807) is 24.5 Å². The van der Waals surface area contributed by atoms with Gasteiger partial charge in [-0.1, -0.05) is 0 Å². The van der Waals surface area contributed by atoms with E-state index in [-0.39, 0.29) is 5.91 Å². The Bertz CT molecular complexity index is 926. The van der Waals surface area contributed by atoms with E-state index >= 15 is 0 Å². The van der Waals surface area contributed by atoms with Gasteiger partial charge in [0.15, 0.2) is 0 Å². The number of amides is 1. The Labute approximate surface area is 152 Å². The highest BCUT2D eigenvalue weighted by Gasteiger charge is 2.12. The molecule has 2 aromatic heterocycles. The van der Waals surface area contributed by atoms with Crippen LogP contribution in [-0.4, -0.2) is 39.5 Å². The molecule has 0 aliphatic carbocycles. The van der Waals surface area contributed by atoms with Crippen LogP contribution in [0.25, 0.3) is 5.95 Å². The Balaban J connectivity index is 1.76. The second-order valence-corrected chi connectivity index (χ2v) is 6.33. The molecule has 26 heavy (non-hydrogen) atoms. The molecule has 0 aliphatic rings. The summed E-state index contributed by atoms with van der Waals surface area (Å²) in [5, 5.41) is 2.82. The zero-order chi connectivity index (χ0) is 18.8. The first-order valence-corrected chi connectivity index (χ1v) is 8.30. The number of nitrogens with zero attached hydrogens (tertiary/aromatic N) is 5. The summed E-state index contributed by atoms with van der Waals surface area (Å²) in [6.07, 6.45) is 3.20. The van der Waals surface area contributed by atoms with Gasteiger partial charge in [0, 0.05) is 31.0 Å². The fourth-order valence-corrected chi connectivity index (χ4v) is 2.69. The maximum atomic E-state index is 12.4. The van der Waals surface area contributed by atoms with Gasteiger partial charge in [-0.2, -0.15) is 0 Å². The highest BCUT2D eigenvalue weighted by atomic mass is 16.1. The molecule has 1 aromatic carbocycles. The molecule has 134 valence electrons. The van der Waals surface area contributed by atoms with Crippen molar-refractivity contribution in [3.63, 3.8) is 0 Å². The van der Waals surface area contributed by atoms with E-state index < -0.39 is 0 Å². The molecule has 2 heterocycles. The minimum Gasteiger partial charge on any atom is -0.378 e. The van der Waals surface area contributed by atoms with Gasteiger partial charge in [-0.15, -0.1) is 0 Å². The van der Waals surface area contributed by atoms with E-state index in [0.29, 0.717) is 17.2 Å². The van der Waals surface area contributed by atoms with E-state index in [1.807, 2.05) is 56.5 Å². The van der Waals surface area contributed by atoms with E-state index in [0.717, 1.165) is 22.9 Å². The van der Waals surface area contributed by atoms with Crippen LogP contribution < -0.4 is 10.2 Å². The van der Waals surface area contributed by atoms with Crippen molar-refractivity contribution in [2.24, 2.45) is 0 Å². The molecule has 0 fully saturated rings. The van der Waals surface area contributed by atoms with Crippen LogP contribution in [0.5, 0.6) is 0 Å². The summed E-state index contributed by atoms with van der Waals surface area (Å²) in [6.45, 7) is 5.84. The number of hydrogen-bond donors (Lipinski definition) is 1. The van der Waals surface area contributed by atoms with Crippen LogP contribution in [0.3, 0.4) is 0 Å². The number of aryl methyl sites for hydroxylation is 2. The second kappa shape index (κ2) is 6.95. The number of anilines is 2. The summed E-state index contributed by atoms with van der Waals surface area (Å²) in [6, 6.07) is 7.39. The summed E-state index contributed by atoms with van der Waals surface area (Å²) in [4.78, 5) is 27.5. The molecule has 0 radical (unpaired) electrons. The van der Waals surface area contributed by atoms with E-state index in [1.165, 1.54) is 0 Å². The van der Waals surface area contributed by atoms with Crippen LogP contribution >= 0.6 is 0 Å². The van der Waals surface area contributed by atoms with Gasteiger partial charge in [-0.3, -0.25) is 9.36 Å². The number of rotatable bonds is 4. The van der Waals surface area contributed by atoms with Gasteiger partial charge in [-0.05, 0) is 45.0 Å². The van der Waals surface area contributed by atoms with Crippen LogP contribution in [0.15, 0.2) is 36.7 Å². The average molecular weight is 350 g/mol. The lowest BCUT2D eigenvalue weighted by molar-refractivity contribution is 0.102. The standard InChI is InChI=1S/C19H22N6O/c1-12-13(2)25(14(3)22-12)19-20-10-16(11-21-19)23-18(26)15-6-8-17(9-7-15)24(4)5/h6-11H,1-5H3,(H,23,26). The van der Waals surface area contributed by atoms with Crippen LogP contribution in [0, 0.1) is 20.8 Å². The van der Waals surface area contributed by atoms with Gasteiger partial charge in [0.1, 0.15) is 5.82 Å². The van der Waals surface area contributed by atoms with Gasteiger partial charge in [0.2, 0.25) is 5.95 Å². The molecule has 0 bridgehead atoms. The maximum absolute atomic E-state index is 12.4. The number of carbonyl (C=O) groups excluding carboxylic acids is 1. The van der Waals surface area contributed by atoms with Gasteiger partial charge in [0.05, 0.1) is 23.8 Å². The quantitative estimate of drug-likeness (QED) is 0.783. The van der Waals surface area contributed by atoms with Crippen molar-refractivity contribution < 1.29 is 4.79 Å². The zero-order valence-corrected chi connectivity index (χ0v) is 15.6. The van der Waals surface area contributed by atoms with Crippen molar-refractivity contribution in [3.05, 3.63) is 59.4 Å². The lowest BCUT2D eigenvalue weighted by Gasteiger charge is -2.12. The van der Waals surface area contributed by atoms with Crippen LogP contribution in [0.2, 0.25) is 0 Å². The third-order valence-corrected chi connectivity index (χ3v) is 4.25. The molecule has 0 saturated heterocycles. The molecule has 3 rings (SSSR count). The van der Waals surface area contributed by atoms with Crippen molar-refractivity contribution in [1.29, 1.82) is 0 Å². The molecule has 3 aromatic rings. The summed E-state index contributed by atoms with van der Waals surface area (Å²) in [5.41, 5.74) is 4.11. The predicted molar refractivity (Wildman–Crippen MR) is 102 cm³/mol. The smallest absolute Gasteiger partial charge is 0.255 e. The van der Waals surface area contributed by atoms with Gasteiger partial charge < -0.3 is 10.2 Å². The Morgan fingerprint density at radius 2 is 1.65 bits per heavy atom. The Morgan fingerprint density at radius 1 is 1.04 bits per heavy atom. The molecule has 0 unspecified atom stereocenters. The predicted octanol–water partition coefficient (Wildman–Crippen LogP) is 2.91. The molecule has 0 aliphatic heterocycles. The lowest BCUT2D eigenvalue weighted by Crippen LogP contribution is -2.14. The molecule has 0 saturated carbocycles. The normalized spacial score (nSPS) is 10.7. The number of imidazole rings is 1. The number of nitrogens with one attached hydrogen (secondary N) is 1. The van der Waals surface area contributed by atoms with Crippen molar-refractivity contribution >= 4 is 17.3 Å². The molecule has 7 heteroatoms. The molecule has 7 nitrogen and oxygen atoms in total. The topological polar surface area (TPSA) is 75.9 Å². The van der Waals surface area contributed by atoms with E-state index in [9.17, 15) is 4.79 Å². The largest absolute Gasteiger partial charge is 0.378 e. The third kappa shape index (κ3) is 3.42. The van der Waals surface area contributed by atoms with Crippen LogP contribution in [0.4, 0.5) is 11.4 Å². The van der Waals surface area contributed by atoms with Crippen molar-refractivity contribution in [3.8, 4) is 5.95 Å². The minimum absolute atomic E-state index is 0.197. The zero-order valence-electron chi connectivity index (χ0n) is 15.6. The highest BCUT2D eigenvalue weighted by molar-refractivity contribution is 6.04. The van der Waals surface area contributed by atoms with Gasteiger partial charge in [-0.25, -0.2) is 15.0 Å². The summed E-state index contributed by atoms with van der Waals surface area (Å²) in [7, 11) is 3.92. The summed E-state index contributed by atoms with van der Waals surface area (Å²) < 4.78 is 1.89. The van der Waals surface area contributed by atoms with E-state index in [4.69, 9.17) is 0 Å². The third-order valence-electron chi connectivity index (χ3n) is 4.25. The second-order valence-electron chi connectivity index (χ2n) is 6.33. The molecule has 0 atom stereocenters. The fraction of sp³-hybridized carbons (Fsp3) is 0.263. The van der Waals surface area contributed by atoms with Crippen molar-refractivity contribution in [2.45, 2.75) is 20.8 Å². The Hall–Kier alpha value is -3.22. The first-order valence-electron chi connectivity index (χ1n) is 8.30. The Kier molecular flexibility index (Phi) is 4.71. The highest BCUT2D eigenvalue weighted by Crippen LogP contribution is 2.16. The molecular formula is C19H22N6O. The SMILES string of the molecule is Cc1nc(C)n(-c2ncc(NC(=O)c3ccc(N(C)C)cc3)cn2)c1C. The van der Waals surface area contributed by atoms with Crippen molar-refractivity contribution in [1.82, 2.24) is 19.5 Å². The number of hydrogen-bond acceptors (Lipinski definition) is 5. The van der Waals surface area contributed by atoms with Crippen LogP contribution in [0.1, 0.15) is 27.6 Å². The average Bonchev–Trinajstić information content (AvgIpc) is 2.88. The van der Waals surface area contributed by atoms with E-state index in [2.05, 4.69) is 20.3 Å². The minimum atomic E-state index is -0.197. The number of carbonyl (C=O) groups is 1. The first-order chi connectivity index (χ1) is 12.4. The fourth-order valence-electron chi connectivity index (χ4n) is 2.69. The molecule has 1 amide bonds. The van der Waals surface area contributed by atoms with Gasteiger partial charge >= 0.3 is 0 Å². The molecule has 1 N–H and O–H groups in total. The molecule has 0 spiro atoms. The van der Waals surface area contributed by atoms with Gasteiger partial charge in [0.25, 0.3) is 5.91 Å². The lowest BCUT2D eigenvalue weighted by atomic mass is 10.2. The number of benzene rings is 1. The monoisotopic (exact) mass is 350 g/mol. The van der Waals surface area contributed by atoms with Crippen molar-refractivity contribution in [2.75, 3.05) is 24.3 Å². The number of aromatic nitrogens is 4. The van der Waals surface area contributed by atoms with Crippen LogP contribution in [-0.2, 0) is 0 Å². The summed E-state index contributed by atoms with van der Waals surface area (Å²) >= 11 is 0.